The van der Waals surface area contributed by atoms with Gasteiger partial charge < -0.3 is 10.6 Å². The van der Waals surface area contributed by atoms with E-state index in [1.54, 1.807) is 0 Å². The number of benzene rings is 2. The molecule has 0 bridgehead atoms. The number of rotatable bonds is 3. The molecule has 1 saturated carbocycles. The number of carbonyl (C=O) groups is 3. The molecule has 2 N–H and O–H groups in total. The van der Waals surface area contributed by atoms with Crippen LogP contribution in [0.4, 0.5) is 10.5 Å². The molecule has 1 spiro atoms. The van der Waals surface area contributed by atoms with Crippen LogP contribution in [0.1, 0.15) is 43.2 Å². The predicted molar refractivity (Wildman–Crippen MR) is 109 cm³/mol. The molecule has 4 amide bonds. The first kappa shape index (κ1) is 17.9. The lowest BCUT2D eigenvalue weighted by molar-refractivity contribution is -0.134. The minimum Gasteiger partial charge on any atom is -0.325 e. The Balaban J connectivity index is 1.28. The summed E-state index contributed by atoms with van der Waals surface area (Å²) in [5, 5.41) is 5.68. The average molecular weight is 389 g/mol. The quantitative estimate of drug-likeness (QED) is 0.674. The van der Waals surface area contributed by atoms with Crippen molar-refractivity contribution < 1.29 is 14.4 Å². The maximum Gasteiger partial charge on any atom is 0.325 e. The van der Waals surface area contributed by atoms with Crippen molar-refractivity contribution in [2.45, 2.75) is 44.1 Å². The van der Waals surface area contributed by atoms with E-state index in [4.69, 9.17) is 0 Å². The topological polar surface area (TPSA) is 78.5 Å². The summed E-state index contributed by atoms with van der Waals surface area (Å²) in [6.45, 7) is -0.260. The van der Waals surface area contributed by atoms with Crippen LogP contribution >= 0.6 is 0 Å². The van der Waals surface area contributed by atoms with Crippen LogP contribution in [-0.2, 0) is 16.0 Å². The standard InChI is InChI=1S/C23H23N3O3/c27-20(14-26-21(28)23(25-22(26)29)10-4-1-5-11-23)24-17-8-9-19-16(13-17)12-15-6-2-3-7-18(15)19/h2-3,6-9,13H,1,4-5,10-12,14H2,(H,24,27)(H,25,29). The van der Waals surface area contributed by atoms with Gasteiger partial charge in [-0.1, -0.05) is 49.6 Å². The maximum absolute atomic E-state index is 12.8. The van der Waals surface area contributed by atoms with Gasteiger partial charge in [0.1, 0.15) is 12.1 Å². The monoisotopic (exact) mass is 389 g/mol. The van der Waals surface area contributed by atoms with Crippen LogP contribution < -0.4 is 10.6 Å². The predicted octanol–water partition coefficient (Wildman–Crippen LogP) is 3.45. The van der Waals surface area contributed by atoms with Gasteiger partial charge in [0.05, 0.1) is 0 Å². The number of nitrogens with one attached hydrogen (secondary N) is 2. The summed E-state index contributed by atoms with van der Waals surface area (Å²) in [5.41, 5.74) is 4.75. The zero-order valence-electron chi connectivity index (χ0n) is 16.2. The van der Waals surface area contributed by atoms with E-state index in [-0.39, 0.29) is 18.4 Å². The number of anilines is 1. The normalized spacial score (nSPS) is 19.1. The van der Waals surface area contributed by atoms with Crippen molar-refractivity contribution in [3.05, 3.63) is 53.6 Å². The van der Waals surface area contributed by atoms with E-state index in [9.17, 15) is 14.4 Å². The molecular weight excluding hydrogens is 366 g/mol. The van der Waals surface area contributed by atoms with Crippen LogP contribution in [0.15, 0.2) is 42.5 Å². The Kier molecular flexibility index (Phi) is 4.15. The van der Waals surface area contributed by atoms with E-state index >= 15 is 0 Å². The fourth-order valence-corrected chi connectivity index (χ4v) is 4.88. The van der Waals surface area contributed by atoms with Crippen LogP contribution in [0.5, 0.6) is 0 Å². The third-order valence-corrected chi connectivity index (χ3v) is 6.33. The van der Waals surface area contributed by atoms with Gasteiger partial charge in [-0.3, -0.25) is 14.5 Å². The lowest BCUT2D eigenvalue weighted by Crippen LogP contribution is -2.48. The fraction of sp³-hybridized carbons (Fsp3) is 0.348. The van der Waals surface area contributed by atoms with Gasteiger partial charge in [-0.05, 0) is 53.6 Å². The van der Waals surface area contributed by atoms with Crippen molar-refractivity contribution in [3.63, 3.8) is 0 Å². The molecular formula is C23H23N3O3. The SMILES string of the molecule is O=C(CN1C(=O)NC2(CCCCC2)C1=O)Nc1ccc2c(c1)Cc1ccccc1-2. The molecule has 0 atom stereocenters. The van der Waals surface area contributed by atoms with Crippen molar-refractivity contribution in [2.75, 3.05) is 11.9 Å². The highest BCUT2D eigenvalue weighted by atomic mass is 16.2. The van der Waals surface area contributed by atoms with Crippen LogP contribution in [0.2, 0.25) is 0 Å². The first-order valence-corrected chi connectivity index (χ1v) is 10.2. The Labute approximate surface area is 169 Å². The van der Waals surface area contributed by atoms with E-state index in [0.717, 1.165) is 30.6 Å². The molecule has 6 heteroatoms. The van der Waals surface area contributed by atoms with Crippen molar-refractivity contribution >= 4 is 23.5 Å². The molecule has 0 unspecified atom stereocenters. The van der Waals surface area contributed by atoms with Gasteiger partial charge in [-0.15, -0.1) is 0 Å². The molecule has 1 aliphatic heterocycles. The highest BCUT2D eigenvalue weighted by Gasteiger charge is 2.51. The number of carbonyl (C=O) groups excluding carboxylic acids is 3. The van der Waals surface area contributed by atoms with Crippen molar-refractivity contribution in [1.82, 2.24) is 10.2 Å². The lowest BCUT2D eigenvalue weighted by Gasteiger charge is -2.30. The number of imide groups is 1. The largest absolute Gasteiger partial charge is 0.325 e. The number of fused-ring (bicyclic) bond motifs is 3. The van der Waals surface area contributed by atoms with Crippen molar-refractivity contribution in [1.29, 1.82) is 0 Å². The second-order valence-corrected chi connectivity index (χ2v) is 8.22. The minimum absolute atomic E-state index is 0.260. The lowest BCUT2D eigenvalue weighted by atomic mass is 9.82. The Morgan fingerprint density at radius 3 is 2.59 bits per heavy atom. The summed E-state index contributed by atoms with van der Waals surface area (Å²) in [6.07, 6.45) is 5.06. The van der Waals surface area contributed by atoms with Gasteiger partial charge in [0.15, 0.2) is 0 Å². The molecule has 2 fully saturated rings. The second-order valence-electron chi connectivity index (χ2n) is 8.22. The van der Waals surface area contributed by atoms with Gasteiger partial charge in [0.25, 0.3) is 5.91 Å². The molecule has 6 nitrogen and oxygen atoms in total. The molecule has 29 heavy (non-hydrogen) atoms. The van der Waals surface area contributed by atoms with Crippen LogP contribution in [-0.4, -0.2) is 34.8 Å². The molecule has 0 radical (unpaired) electrons. The third-order valence-electron chi connectivity index (χ3n) is 6.33. The molecule has 2 aromatic carbocycles. The van der Waals surface area contributed by atoms with Crippen molar-refractivity contribution in [2.24, 2.45) is 0 Å². The van der Waals surface area contributed by atoms with E-state index < -0.39 is 11.6 Å². The van der Waals surface area contributed by atoms with E-state index in [1.165, 1.54) is 22.3 Å². The van der Waals surface area contributed by atoms with Crippen molar-refractivity contribution in [3.8, 4) is 11.1 Å². The van der Waals surface area contributed by atoms with Gasteiger partial charge in [-0.2, -0.15) is 0 Å². The van der Waals surface area contributed by atoms with Gasteiger partial charge >= 0.3 is 6.03 Å². The summed E-state index contributed by atoms with van der Waals surface area (Å²) in [4.78, 5) is 38.8. The summed E-state index contributed by atoms with van der Waals surface area (Å²) < 4.78 is 0. The molecule has 1 saturated heterocycles. The summed E-state index contributed by atoms with van der Waals surface area (Å²) in [6, 6.07) is 13.7. The average Bonchev–Trinajstić information content (AvgIpc) is 3.19. The zero-order valence-corrected chi connectivity index (χ0v) is 16.2. The maximum atomic E-state index is 12.8. The number of hydrogen-bond donors (Lipinski definition) is 2. The van der Waals surface area contributed by atoms with E-state index in [0.29, 0.717) is 18.5 Å². The number of nitrogens with zero attached hydrogens (tertiary/aromatic N) is 1. The highest BCUT2D eigenvalue weighted by molar-refractivity contribution is 6.10. The molecule has 2 aliphatic carbocycles. The summed E-state index contributed by atoms with van der Waals surface area (Å²) >= 11 is 0. The number of amides is 4. The first-order valence-electron chi connectivity index (χ1n) is 10.2. The number of urea groups is 1. The zero-order chi connectivity index (χ0) is 20.0. The first-order chi connectivity index (χ1) is 14.1. The summed E-state index contributed by atoms with van der Waals surface area (Å²) in [7, 11) is 0. The molecule has 148 valence electrons. The number of hydrogen-bond acceptors (Lipinski definition) is 3. The molecule has 1 heterocycles. The fourth-order valence-electron chi connectivity index (χ4n) is 4.88. The second kappa shape index (κ2) is 6.72. The van der Waals surface area contributed by atoms with E-state index in [2.05, 4.69) is 22.8 Å². The molecule has 5 rings (SSSR count). The van der Waals surface area contributed by atoms with Crippen LogP contribution in [0.3, 0.4) is 0 Å². The van der Waals surface area contributed by atoms with Crippen LogP contribution in [0.25, 0.3) is 11.1 Å². The Bertz CT molecular complexity index is 1020. The van der Waals surface area contributed by atoms with Gasteiger partial charge in [0, 0.05) is 5.69 Å². The Morgan fingerprint density at radius 2 is 1.76 bits per heavy atom. The van der Waals surface area contributed by atoms with E-state index in [1.807, 2.05) is 30.3 Å². The third kappa shape index (κ3) is 2.99. The molecule has 2 aromatic rings. The summed E-state index contributed by atoms with van der Waals surface area (Å²) in [5.74, 6) is -0.626. The van der Waals surface area contributed by atoms with Gasteiger partial charge in [-0.25, -0.2) is 4.79 Å². The Hall–Kier alpha value is -3.15. The Morgan fingerprint density at radius 1 is 1.00 bits per heavy atom. The highest BCUT2D eigenvalue weighted by Crippen LogP contribution is 2.37. The minimum atomic E-state index is -0.797. The molecule has 3 aliphatic rings. The van der Waals surface area contributed by atoms with Gasteiger partial charge in [0.2, 0.25) is 5.91 Å². The van der Waals surface area contributed by atoms with Crippen LogP contribution in [0, 0.1) is 0 Å². The smallest absolute Gasteiger partial charge is 0.325 e. The molecule has 0 aromatic heterocycles.